The van der Waals surface area contributed by atoms with E-state index in [0.29, 0.717) is 6.42 Å². The summed E-state index contributed by atoms with van der Waals surface area (Å²) in [6, 6.07) is 0. The molecule has 0 amide bonds. The van der Waals surface area contributed by atoms with Gasteiger partial charge in [-0.2, -0.15) is 26.3 Å². The number of halogens is 6. The second-order valence-electron chi connectivity index (χ2n) is 5.03. The number of alkyl halides is 6. The third kappa shape index (κ3) is 1.81. The van der Waals surface area contributed by atoms with Gasteiger partial charge in [0.2, 0.25) is 0 Å². The molecule has 0 aliphatic heterocycles. The lowest BCUT2D eigenvalue weighted by atomic mass is 9.74. The fourth-order valence-electron chi connectivity index (χ4n) is 3.30. The van der Waals surface area contributed by atoms with Crippen molar-refractivity contribution in [2.45, 2.75) is 37.2 Å². The van der Waals surface area contributed by atoms with E-state index >= 15 is 0 Å². The van der Waals surface area contributed by atoms with Crippen molar-refractivity contribution in [1.29, 1.82) is 0 Å². The molecule has 2 fully saturated rings. The molecule has 19 heavy (non-hydrogen) atoms. The van der Waals surface area contributed by atoms with E-state index in [9.17, 15) is 31.4 Å². The van der Waals surface area contributed by atoms with E-state index in [0.717, 1.165) is 0 Å². The van der Waals surface area contributed by atoms with E-state index in [-0.39, 0.29) is 12.8 Å². The van der Waals surface area contributed by atoms with Crippen LogP contribution in [0.2, 0.25) is 0 Å². The molecule has 3 unspecified atom stereocenters. The zero-order chi connectivity index (χ0) is 14.6. The molecule has 2 saturated carbocycles. The van der Waals surface area contributed by atoms with Crippen LogP contribution in [0.15, 0.2) is 5.16 Å². The Morgan fingerprint density at radius 2 is 1.53 bits per heavy atom. The summed E-state index contributed by atoms with van der Waals surface area (Å²) < 4.78 is 76.7. The van der Waals surface area contributed by atoms with Crippen LogP contribution in [0, 0.1) is 17.8 Å². The highest BCUT2D eigenvalue weighted by molar-refractivity contribution is 5.93. The Morgan fingerprint density at radius 1 is 1.00 bits per heavy atom. The van der Waals surface area contributed by atoms with Crippen LogP contribution in [-0.2, 0) is 0 Å². The molecule has 0 saturated heterocycles. The first-order chi connectivity index (χ1) is 8.54. The van der Waals surface area contributed by atoms with Crippen molar-refractivity contribution < 1.29 is 36.7 Å². The van der Waals surface area contributed by atoms with E-state index in [1.165, 1.54) is 0 Å². The highest BCUT2D eigenvalue weighted by Crippen LogP contribution is 2.58. The van der Waals surface area contributed by atoms with Gasteiger partial charge in [-0.1, -0.05) is 5.16 Å². The Hall–Kier alpha value is -0.990. The van der Waals surface area contributed by atoms with Gasteiger partial charge in [0.25, 0.3) is 5.60 Å². The Kier molecular flexibility index (Phi) is 3.04. The van der Waals surface area contributed by atoms with Gasteiger partial charge in [-0.05, 0) is 25.2 Å². The van der Waals surface area contributed by atoms with Crippen LogP contribution in [0.1, 0.15) is 19.3 Å². The molecular weight excluding hydrogens is 280 g/mol. The van der Waals surface area contributed by atoms with Gasteiger partial charge in [-0.3, -0.25) is 0 Å². The topological polar surface area (TPSA) is 52.8 Å². The van der Waals surface area contributed by atoms with Crippen molar-refractivity contribution in [3.05, 3.63) is 0 Å². The van der Waals surface area contributed by atoms with Crippen LogP contribution >= 0.6 is 0 Å². The Bertz CT molecular complexity index is 388. The molecular formula is C10H11F6NO2. The fraction of sp³-hybridized carbons (Fsp3) is 0.900. The van der Waals surface area contributed by atoms with Crippen LogP contribution in [0.25, 0.3) is 0 Å². The van der Waals surface area contributed by atoms with Gasteiger partial charge in [0.1, 0.15) is 0 Å². The molecule has 0 radical (unpaired) electrons. The SMILES string of the molecule is O/N=C1\C2CCC(C2)C1C(O)(C(F)(F)F)C(F)(F)F. The summed E-state index contributed by atoms with van der Waals surface area (Å²) in [4.78, 5) is 0. The van der Waals surface area contributed by atoms with E-state index in [4.69, 9.17) is 5.21 Å². The van der Waals surface area contributed by atoms with E-state index < -0.39 is 41.4 Å². The highest BCUT2D eigenvalue weighted by Gasteiger charge is 2.77. The summed E-state index contributed by atoms with van der Waals surface area (Å²) in [6.07, 6.45) is -11.1. The van der Waals surface area contributed by atoms with Gasteiger partial charge in [0.15, 0.2) is 0 Å². The summed E-state index contributed by atoms with van der Waals surface area (Å²) in [7, 11) is 0. The molecule has 3 nitrogen and oxygen atoms in total. The third-order valence-electron chi connectivity index (χ3n) is 4.11. The molecule has 2 bridgehead atoms. The minimum Gasteiger partial charge on any atom is -0.411 e. The predicted molar refractivity (Wildman–Crippen MR) is 50.6 cm³/mol. The minimum absolute atomic E-state index is 0.0819. The van der Waals surface area contributed by atoms with Crippen molar-refractivity contribution in [2.24, 2.45) is 22.9 Å². The zero-order valence-electron chi connectivity index (χ0n) is 9.46. The second-order valence-corrected chi connectivity index (χ2v) is 5.03. The zero-order valence-corrected chi connectivity index (χ0v) is 9.46. The smallest absolute Gasteiger partial charge is 0.411 e. The van der Waals surface area contributed by atoms with Crippen LogP contribution in [0.4, 0.5) is 26.3 Å². The lowest BCUT2D eigenvalue weighted by Gasteiger charge is -2.40. The first kappa shape index (κ1) is 14.4. The molecule has 3 atom stereocenters. The molecule has 110 valence electrons. The van der Waals surface area contributed by atoms with E-state index in [2.05, 4.69) is 5.16 Å². The van der Waals surface area contributed by atoms with Crippen LogP contribution < -0.4 is 0 Å². The summed E-state index contributed by atoms with van der Waals surface area (Å²) in [6.45, 7) is 0. The Morgan fingerprint density at radius 3 is 1.95 bits per heavy atom. The van der Waals surface area contributed by atoms with Gasteiger partial charge < -0.3 is 10.3 Å². The van der Waals surface area contributed by atoms with Crippen molar-refractivity contribution in [1.82, 2.24) is 0 Å². The molecule has 0 aromatic carbocycles. The summed E-state index contributed by atoms with van der Waals surface area (Å²) in [5.74, 6) is -3.84. The van der Waals surface area contributed by atoms with Gasteiger partial charge in [0, 0.05) is 5.92 Å². The lowest BCUT2D eigenvalue weighted by molar-refractivity contribution is -0.381. The minimum atomic E-state index is -5.88. The van der Waals surface area contributed by atoms with Crippen molar-refractivity contribution in [3.8, 4) is 0 Å². The molecule has 2 aliphatic rings. The normalized spacial score (nSPS) is 34.3. The average Bonchev–Trinajstić information content (AvgIpc) is 2.83. The molecule has 0 spiro atoms. The quantitative estimate of drug-likeness (QED) is 0.443. The van der Waals surface area contributed by atoms with Crippen LogP contribution in [-0.4, -0.2) is 34.0 Å². The largest absolute Gasteiger partial charge is 0.426 e. The number of fused-ring (bicyclic) bond motifs is 2. The second kappa shape index (κ2) is 4.00. The Balaban J connectivity index is 2.52. The fourth-order valence-corrected chi connectivity index (χ4v) is 3.30. The van der Waals surface area contributed by atoms with Gasteiger partial charge >= 0.3 is 12.4 Å². The maximum absolute atomic E-state index is 12.8. The third-order valence-corrected chi connectivity index (χ3v) is 4.11. The Labute approximate surface area is 103 Å². The van der Waals surface area contributed by atoms with Crippen LogP contribution in [0.3, 0.4) is 0 Å². The van der Waals surface area contributed by atoms with Crippen molar-refractivity contribution in [2.75, 3.05) is 0 Å². The molecule has 2 N–H and O–H groups in total. The lowest BCUT2D eigenvalue weighted by Crippen LogP contribution is -2.64. The first-order valence-corrected chi connectivity index (χ1v) is 5.61. The summed E-state index contributed by atoms with van der Waals surface area (Å²) in [5, 5.41) is 20.7. The molecule has 2 aliphatic carbocycles. The van der Waals surface area contributed by atoms with Gasteiger partial charge in [0.05, 0.1) is 11.6 Å². The first-order valence-electron chi connectivity index (χ1n) is 5.61. The number of hydrogen-bond acceptors (Lipinski definition) is 3. The molecule has 0 heterocycles. The predicted octanol–water partition coefficient (Wildman–Crippen LogP) is 2.72. The molecule has 9 heteroatoms. The molecule has 0 aromatic rings. The van der Waals surface area contributed by atoms with Crippen LogP contribution in [0.5, 0.6) is 0 Å². The molecule has 0 aromatic heterocycles. The molecule has 2 rings (SSSR count). The summed E-state index contributed by atoms with van der Waals surface area (Å²) >= 11 is 0. The number of aliphatic hydroxyl groups is 1. The van der Waals surface area contributed by atoms with Crippen molar-refractivity contribution >= 4 is 5.71 Å². The van der Waals surface area contributed by atoms with Crippen molar-refractivity contribution in [3.63, 3.8) is 0 Å². The van der Waals surface area contributed by atoms with E-state index in [1.807, 2.05) is 0 Å². The number of nitrogens with zero attached hydrogens (tertiary/aromatic N) is 1. The standard InChI is InChI=1S/C10H11F6NO2/c11-9(12,13)8(18,10(14,15)16)6-4-1-2-5(3-4)7(6)17-19/h4-6,18-19H,1-3H2/b17-7+. The van der Waals surface area contributed by atoms with E-state index in [1.54, 1.807) is 0 Å². The van der Waals surface area contributed by atoms with Gasteiger partial charge in [-0.15, -0.1) is 0 Å². The number of hydrogen-bond donors (Lipinski definition) is 2. The maximum atomic E-state index is 12.8. The van der Waals surface area contributed by atoms with Gasteiger partial charge in [-0.25, -0.2) is 0 Å². The number of oxime groups is 1. The number of rotatable bonds is 1. The average molecular weight is 291 g/mol. The maximum Gasteiger partial charge on any atom is 0.426 e. The monoisotopic (exact) mass is 291 g/mol. The summed E-state index contributed by atoms with van der Waals surface area (Å²) in [5.41, 5.74) is -5.45. The highest BCUT2D eigenvalue weighted by atomic mass is 19.4.